The van der Waals surface area contributed by atoms with Crippen LogP contribution in [0.15, 0.2) is 67.1 Å². The molecule has 5 heterocycles. The van der Waals surface area contributed by atoms with Crippen molar-refractivity contribution in [3.63, 3.8) is 0 Å². The van der Waals surface area contributed by atoms with Crippen molar-refractivity contribution in [1.29, 1.82) is 5.26 Å². The van der Waals surface area contributed by atoms with Crippen LogP contribution in [-0.2, 0) is 6.54 Å². The first-order valence-electron chi connectivity index (χ1n) is 12.6. The van der Waals surface area contributed by atoms with E-state index in [-0.39, 0.29) is 5.82 Å². The molecule has 1 aliphatic rings. The molecular weight excluding hydrogens is 495 g/mol. The Labute approximate surface area is 224 Å². The lowest BCUT2D eigenvalue weighted by Crippen LogP contribution is -2.38. The van der Waals surface area contributed by atoms with Gasteiger partial charge in [0.15, 0.2) is 11.5 Å². The summed E-state index contributed by atoms with van der Waals surface area (Å²) in [4.78, 5) is 23.6. The fourth-order valence-electron chi connectivity index (χ4n) is 4.93. The lowest BCUT2D eigenvalue weighted by molar-refractivity contribution is 0.211. The van der Waals surface area contributed by atoms with Crippen molar-refractivity contribution in [1.82, 2.24) is 34.4 Å². The molecule has 39 heavy (non-hydrogen) atoms. The van der Waals surface area contributed by atoms with Gasteiger partial charge < -0.3 is 11.1 Å². The van der Waals surface area contributed by atoms with Crippen LogP contribution >= 0.6 is 0 Å². The third kappa shape index (κ3) is 5.10. The summed E-state index contributed by atoms with van der Waals surface area (Å²) in [5.41, 5.74) is 9.81. The number of fused-ring (bicyclic) bond motifs is 1. The minimum absolute atomic E-state index is 0.169. The third-order valence-corrected chi connectivity index (χ3v) is 6.85. The molecule has 0 spiro atoms. The van der Waals surface area contributed by atoms with E-state index in [1.807, 2.05) is 28.8 Å². The lowest BCUT2D eigenvalue weighted by Gasteiger charge is -2.32. The van der Waals surface area contributed by atoms with Gasteiger partial charge in [-0.25, -0.2) is 29.3 Å². The molecule has 0 atom stereocenters. The van der Waals surface area contributed by atoms with E-state index in [4.69, 9.17) is 11.0 Å². The number of nitriles is 1. The van der Waals surface area contributed by atoms with Crippen LogP contribution in [-0.4, -0.2) is 53.5 Å². The maximum absolute atomic E-state index is 14.2. The van der Waals surface area contributed by atoms with Gasteiger partial charge in [0.1, 0.15) is 23.5 Å². The van der Waals surface area contributed by atoms with E-state index in [1.165, 1.54) is 11.6 Å². The predicted molar refractivity (Wildman–Crippen MR) is 145 cm³/mol. The monoisotopic (exact) mass is 520 g/mol. The van der Waals surface area contributed by atoms with Crippen molar-refractivity contribution in [3.8, 4) is 23.1 Å². The van der Waals surface area contributed by atoms with E-state index in [0.29, 0.717) is 40.2 Å². The van der Waals surface area contributed by atoms with Crippen molar-refractivity contribution < 1.29 is 4.39 Å². The van der Waals surface area contributed by atoms with Gasteiger partial charge in [-0.3, -0.25) is 9.47 Å². The minimum atomic E-state index is -0.436. The second-order valence-corrected chi connectivity index (χ2v) is 9.44. The Morgan fingerprint density at radius 1 is 1.03 bits per heavy atom. The van der Waals surface area contributed by atoms with Crippen LogP contribution in [0.1, 0.15) is 24.2 Å². The maximum Gasteiger partial charge on any atom is 0.234 e. The van der Waals surface area contributed by atoms with Crippen molar-refractivity contribution in [2.24, 2.45) is 0 Å². The molecule has 10 nitrogen and oxygen atoms in total. The van der Waals surface area contributed by atoms with E-state index in [2.05, 4.69) is 47.3 Å². The highest BCUT2D eigenvalue weighted by Crippen LogP contribution is 2.31. The minimum Gasteiger partial charge on any atom is -0.383 e. The number of nitrogens with two attached hydrogens (primary N) is 1. The van der Waals surface area contributed by atoms with Gasteiger partial charge in [-0.15, -0.1) is 0 Å². The van der Waals surface area contributed by atoms with Crippen LogP contribution in [0, 0.1) is 17.1 Å². The topological polar surface area (TPSA) is 134 Å². The Hall–Kier alpha value is -4.95. The van der Waals surface area contributed by atoms with E-state index in [1.54, 1.807) is 24.5 Å². The number of pyridine rings is 2. The second kappa shape index (κ2) is 10.4. The Morgan fingerprint density at radius 2 is 1.85 bits per heavy atom. The summed E-state index contributed by atoms with van der Waals surface area (Å²) in [5.74, 6) is 1.32. The molecule has 0 unspecified atom stereocenters. The first kappa shape index (κ1) is 24.4. The number of aromatic nitrogens is 6. The van der Waals surface area contributed by atoms with Gasteiger partial charge in [-0.1, -0.05) is 12.1 Å². The molecule has 5 aromatic rings. The highest BCUT2D eigenvalue weighted by molar-refractivity contribution is 5.82. The van der Waals surface area contributed by atoms with E-state index >= 15 is 0 Å². The molecular formula is C28H25FN10. The molecule has 0 bridgehead atoms. The van der Waals surface area contributed by atoms with Crippen LogP contribution in [0.25, 0.3) is 28.2 Å². The second-order valence-electron chi connectivity index (χ2n) is 9.44. The number of nitrogens with zero attached hydrogens (tertiary/aromatic N) is 8. The maximum atomic E-state index is 14.2. The number of benzene rings is 1. The van der Waals surface area contributed by atoms with Gasteiger partial charge in [0, 0.05) is 49.8 Å². The van der Waals surface area contributed by atoms with Crippen LogP contribution in [0.4, 0.5) is 16.0 Å². The largest absolute Gasteiger partial charge is 0.383 e. The molecule has 11 heteroatoms. The zero-order valence-corrected chi connectivity index (χ0v) is 21.0. The van der Waals surface area contributed by atoms with Crippen LogP contribution in [0.5, 0.6) is 0 Å². The molecule has 0 amide bonds. The number of halogens is 1. The lowest BCUT2D eigenvalue weighted by atomic mass is 10.0. The van der Waals surface area contributed by atoms with E-state index in [9.17, 15) is 4.39 Å². The zero-order valence-electron chi connectivity index (χ0n) is 21.0. The normalized spacial score (nSPS) is 14.4. The molecule has 0 saturated carbocycles. The molecule has 4 aromatic heterocycles. The summed E-state index contributed by atoms with van der Waals surface area (Å²) < 4.78 is 16.0. The van der Waals surface area contributed by atoms with Gasteiger partial charge >= 0.3 is 0 Å². The number of imidazole rings is 1. The van der Waals surface area contributed by atoms with Crippen molar-refractivity contribution in [2.45, 2.75) is 25.4 Å². The number of likely N-dealkylation sites (tertiary alicyclic amines) is 1. The average Bonchev–Trinajstić information content (AvgIpc) is 3.33. The standard InChI is InChI=1S/C28H25FN10/c29-19-14-23-27(34-16-19)37-28(22-2-1-10-33-26(22)31)39(23)21-5-3-18(4-6-21)17-38-12-8-20(9-13-38)35-24-7-11-32-25(15-30)36-24/h1-7,10-11,14,16,20H,8-9,12-13,17H2,(H2,31,33)(H,32,35,36). The highest BCUT2D eigenvalue weighted by atomic mass is 19.1. The zero-order chi connectivity index (χ0) is 26.8. The predicted octanol–water partition coefficient (Wildman–Crippen LogP) is 3.94. The number of rotatable bonds is 6. The van der Waals surface area contributed by atoms with Gasteiger partial charge in [0.05, 0.1) is 17.3 Å². The summed E-state index contributed by atoms with van der Waals surface area (Å²) in [6.45, 7) is 2.71. The Balaban J connectivity index is 1.18. The summed E-state index contributed by atoms with van der Waals surface area (Å²) in [7, 11) is 0. The molecule has 194 valence electrons. The average molecular weight is 521 g/mol. The number of anilines is 2. The van der Waals surface area contributed by atoms with Crippen molar-refractivity contribution in [3.05, 3.63) is 84.3 Å². The summed E-state index contributed by atoms with van der Waals surface area (Å²) in [6, 6.07) is 17.3. The summed E-state index contributed by atoms with van der Waals surface area (Å²) in [5, 5.41) is 12.4. The first-order valence-corrected chi connectivity index (χ1v) is 12.6. The quantitative estimate of drug-likeness (QED) is 0.341. The first-order chi connectivity index (χ1) is 19.1. The molecule has 1 aromatic carbocycles. The number of nitrogen functional groups attached to an aromatic ring is 1. The van der Waals surface area contributed by atoms with Gasteiger partial charge in [0.2, 0.25) is 5.82 Å². The fraction of sp³-hybridized carbons (Fsp3) is 0.214. The number of hydrogen-bond donors (Lipinski definition) is 2. The van der Waals surface area contributed by atoms with Gasteiger partial charge in [-0.05, 0) is 48.7 Å². The van der Waals surface area contributed by atoms with Gasteiger partial charge in [0.25, 0.3) is 0 Å². The number of piperidine rings is 1. The van der Waals surface area contributed by atoms with Gasteiger partial charge in [-0.2, -0.15) is 5.26 Å². The van der Waals surface area contributed by atoms with Crippen LogP contribution in [0.2, 0.25) is 0 Å². The van der Waals surface area contributed by atoms with Crippen LogP contribution in [0.3, 0.4) is 0 Å². The molecule has 1 saturated heterocycles. The Morgan fingerprint density at radius 3 is 2.62 bits per heavy atom. The SMILES string of the molecule is N#Cc1nccc(NC2CCN(Cc3ccc(-n4c(-c5cccnc5N)nc5ncc(F)cc54)cc3)CC2)n1. The van der Waals surface area contributed by atoms with E-state index < -0.39 is 5.82 Å². The van der Waals surface area contributed by atoms with E-state index in [0.717, 1.165) is 44.4 Å². The Bertz CT molecular complexity index is 1670. The highest BCUT2D eigenvalue weighted by Gasteiger charge is 2.21. The molecule has 1 aliphatic heterocycles. The van der Waals surface area contributed by atoms with Crippen LogP contribution < -0.4 is 11.1 Å². The summed E-state index contributed by atoms with van der Waals surface area (Å²) in [6.07, 6.45) is 6.33. The van der Waals surface area contributed by atoms with Crippen molar-refractivity contribution >= 4 is 22.8 Å². The molecule has 0 radical (unpaired) electrons. The smallest absolute Gasteiger partial charge is 0.234 e. The fourth-order valence-corrected chi connectivity index (χ4v) is 4.93. The Kier molecular flexibility index (Phi) is 6.52. The molecule has 1 fully saturated rings. The molecule has 6 rings (SSSR count). The number of hydrogen-bond acceptors (Lipinski definition) is 9. The molecule has 3 N–H and O–H groups in total. The third-order valence-electron chi connectivity index (χ3n) is 6.85. The summed E-state index contributed by atoms with van der Waals surface area (Å²) >= 11 is 0. The van der Waals surface area contributed by atoms with Crippen molar-refractivity contribution in [2.75, 3.05) is 24.1 Å². The number of nitrogens with one attached hydrogen (secondary N) is 1. The molecule has 0 aliphatic carbocycles.